The molecule has 6 nitrogen and oxygen atoms in total. The lowest BCUT2D eigenvalue weighted by atomic mass is 9.98. The zero-order valence-corrected chi connectivity index (χ0v) is 19.2. The van der Waals surface area contributed by atoms with Gasteiger partial charge in [0.15, 0.2) is 0 Å². The summed E-state index contributed by atoms with van der Waals surface area (Å²) in [5, 5.41) is 9.45. The minimum absolute atomic E-state index is 0.109. The first-order valence-corrected chi connectivity index (χ1v) is 11.1. The van der Waals surface area contributed by atoms with Crippen LogP contribution in [0, 0.1) is 5.92 Å². The Bertz CT molecular complexity index is 1210. The van der Waals surface area contributed by atoms with E-state index in [4.69, 9.17) is 0 Å². The summed E-state index contributed by atoms with van der Waals surface area (Å²) in [6, 6.07) is 14.0. The number of carboxylic acid groups (broad SMARTS) is 1. The molecular formula is C26H29FN2O4. The van der Waals surface area contributed by atoms with E-state index in [1.165, 1.54) is 4.57 Å². The van der Waals surface area contributed by atoms with E-state index in [0.717, 1.165) is 22.1 Å². The Hall–Kier alpha value is -3.48. The second-order valence-electron chi connectivity index (χ2n) is 8.46. The molecule has 2 aromatic carbocycles. The van der Waals surface area contributed by atoms with Gasteiger partial charge in [0.1, 0.15) is 6.67 Å². The van der Waals surface area contributed by atoms with Crippen LogP contribution in [0.25, 0.3) is 11.1 Å². The zero-order chi connectivity index (χ0) is 24.1. The summed E-state index contributed by atoms with van der Waals surface area (Å²) in [4.78, 5) is 37.0. The van der Waals surface area contributed by atoms with E-state index in [1.54, 1.807) is 43.3 Å². The van der Waals surface area contributed by atoms with Gasteiger partial charge in [-0.1, -0.05) is 63.2 Å². The van der Waals surface area contributed by atoms with Crippen molar-refractivity contribution in [1.82, 2.24) is 9.13 Å². The van der Waals surface area contributed by atoms with Crippen LogP contribution >= 0.6 is 0 Å². The number of alkyl halides is 1. The third-order valence-electron chi connectivity index (χ3n) is 5.75. The normalized spacial score (nSPS) is 11.2. The Morgan fingerprint density at radius 3 is 2.27 bits per heavy atom. The van der Waals surface area contributed by atoms with Crippen LogP contribution in [0.15, 0.2) is 53.3 Å². The van der Waals surface area contributed by atoms with E-state index in [-0.39, 0.29) is 24.2 Å². The first-order valence-electron chi connectivity index (χ1n) is 11.1. The van der Waals surface area contributed by atoms with Crippen LogP contribution < -0.4 is 5.69 Å². The van der Waals surface area contributed by atoms with E-state index < -0.39 is 24.2 Å². The Morgan fingerprint density at radius 1 is 1.03 bits per heavy atom. The number of halogens is 1. The van der Waals surface area contributed by atoms with Gasteiger partial charge in [0.05, 0.1) is 17.8 Å². The number of aromatic carboxylic acids is 1. The fraction of sp³-hybridized carbons (Fsp3) is 0.346. The van der Waals surface area contributed by atoms with E-state index in [9.17, 15) is 23.9 Å². The highest BCUT2D eigenvalue weighted by molar-refractivity contribution is 5.96. The number of rotatable bonds is 9. The summed E-state index contributed by atoms with van der Waals surface area (Å²) in [5.74, 6) is -1.06. The van der Waals surface area contributed by atoms with Gasteiger partial charge in [0.25, 0.3) is 0 Å². The third kappa shape index (κ3) is 5.13. The molecule has 0 radical (unpaired) electrons. The van der Waals surface area contributed by atoms with Crippen molar-refractivity contribution in [1.29, 1.82) is 0 Å². The zero-order valence-electron chi connectivity index (χ0n) is 19.2. The van der Waals surface area contributed by atoms with Gasteiger partial charge in [-0.2, -0.15) is 0 Å². The molecule has 3 aromatic rings. The number of hydrogen-bond acceptors (Lipinski definition) is 3. The maximum atomic E-state index is 14.0. The number of carboxylic acids is 1. The SMILES string of the molecule is CCC(=O)n1c(CF)c(CCC(C)C)n(Cc2ccc(-c3ccccc3C(=O)O)cc2)c1=O. The van der Waals surface area contributed by atoms with Crippen LogP contribution in [-0.2, 0) is 19.6 Å². The Labute approximate surface area is 192 Å². The molecule has 0 unspecified atom stereocenters. The van der Waals surface area contributed by atoms with Gasteiger partial charge in [-0.15, -0.1) is 0 Å². The van der Waals surface area contributed by atoms with Crippen molar-refractivity contribution in [3.8, 4) is 11.1 Å². The molecule has 3 rings (SSSR count). The van der Waals surface area contributed by atoms with Crippen LogP contribution in [0.4, 0.5) is 4.39 Å². The Balaban J connectivity index is 2.01. The van der Waals surface area contributed by atoms with Gasteiger partial charge in [0, 0.05) is 12.1 Å². The summed E-state index contributed by atoms with van der Waals surface area (Å²) in [7, 11) is 0. The van der Waals surface area contributed by atoms with Gasteiger partial charge in [0.2, 0.25) is 5.91 Å². The molecule has 0 spiro atoms. The minimum Gasteiger partial charge on any atom is -0.478 e. The first-order chi connectivity index (χ1) is 15.8. The summed E-state index contributed by atoms with van der Waals surface area (Å²) in [6.45, 7) is 5.07. The van der Waals surface area contributed by atoms with Crippen LogP contribution in [0.3, 0.4) is 0 Å². The summed E-state index contributed by atoms with van der Waals surface area (Å²) in [6.07, 6.45) is 1.38. The molecule has 0 fully saturated rings. The van der Waals surface area contributed by atoms with Gasteiger partial charge in [-0.25, -0.2) is 18.5 Å². The minimum atomic E-state index is -1.00. The maximum Gasteiger partial charge on any atom is 0.336 e. The molecule has 0 saturated heterocycles. The molecule has 0 atom stereocenters. The lowest BCUT2D eigenvalue weighted by molar-refractivity contribution is 0.0697. The molecule has 0 aliphatic carbocycles. The number of imidazole rings is 1. The second kappa shape index (κ2) is 10.4. The van der Waals surface area contributed by atoms with E-state index in [1.807, 2.05) is 12.1 Å². The number of carbonyl (C=O) groups is 2. The quantitative estimate of drug-likeness (QED) is 0.486. The van der Waals surface area contributed by atoms with Gasteiger partial charge >= 0.3 is 11.7 Å². The monoisotopic (exact) mass is 452 g/mol. The van der Waals surface area contributed by atoms with Gasteiger partial charge in [-0.05, 0) is 41.5 Å². The van der Waals surface area contributed by atoms with Crippen molar-refractivity contribution in [2.75, 3.05) is 0 Å². The lowest BCUT2D eigenvalue weighted by Gasteiger charge is -2.11. The number of aromatic nitrogens is 2. The van der Waals surface area contributed by atoms with Crippen molar-refractivity contribution >= 4 is 11.9 Å². The molecule has 0 aliphatic heterocycles. The van der Waals surface area contributed by atoms with E-state index >= 15 is 0 Å². The summed E-state index contributed by atoms with van der Waals surface area (Å²) >= 11 is 0. The standard InChI is InChI=1S/C26H29FN2O4/c1-4-24(30)29-23(15-27)22(14-9-17(2)3)28(26(29)33)16-18-10-12-19(13-11-18)20-7-5-6-8-21(20)25(31)32/h5-8,10-13,17H,4,9,14-16H2,1-3H3,(H,31,32). The summed E-state index contributed by atoms with van der Waals surface area (Å²) < 4.78 is 16.4. The average Bonchev–Trinajstić information content (AvgIpc) is 3.08. The van der Waals surface area contributed by atoms with E-state index in [0.29, 0.717) is 23.6 Å². The second-order valence-corrected chi connectivity index (χ2v) is 8.46. The highest BCUT2D eigenvalue weighted by Gasteiger charge is 2.23. The lowest BCUT2D eigenvalue weighted by Crippen LogP contribution is -2.30. The highest BCUT2D eigenvalue weighted by atomic mass is 19.1. The predicted octanol–water partition coefficient (Wildman–Crippen LogP) is 5.17. The molecule has 0 saturated carbocycles. The van der Waals surface area contributed by atoms with Crippen LogP contribution in [0.2, 0.25) is 0 Å². The molecular weight excluding hydrogens is 423 g/mol. The number of nitrogens with zero attached hydrogens (tertiary/aromatic N) is 2. The molecule has 0 bridgehead atoms. The summed E-state index contributed by atoms with van der Waals surface area (Å²) in [5.41, 5.74) is 2.52. The van der Waals surface area contributed by atoms with E-state index in [2.05, 4.69) is 13.8 Å². The molecule has 7 heteroatoms. The van der Waals surface area contributed by atoms with Gasteiger partial charge in [-0.3, -0.25) is 9.36 Å². The van der Waals surface area contributed by atoms with Crippen LogP contribution in [0.1, 0.15) is 65.7 Å². The molecule has 1 N–H and O–H groups in total. The van der Waals surface area contributed by atoms with Crippen LogP contribution in [-0.4, -0.2) is 26.1 Å². The Morgan fingerprint density at radius 2 is 1.70 bits per heavy atom. The predicted molar refractivity (Wildman–Crippen MR) is 126 cm³/mol. The molecule has 1 heterocycles. The van der Waals surface area contributed by atoms with Crippen molar-refractivity contribution in [3.63, 3.8) is 0 Å². The Kier molecular flexibility index (Phi) is 7.63. The fourth-order valence-corrected chi connectivity index (χ4v) is 3.95. The molecule has 0 amide bonds. The number of hydrogen-bond donors (Lipinski definition) is 1. The van der Waals surface area contributed by atoms with Crippen LogP contribution in [0.5, 0.6) is 0 Å². The van der Waals surface area contributed by atoms with Crippen molar-refractivity contribution in [2.45, 2.75) is 53.3 Å². The van der Waals surface area contributed by atoms with Crippen molar-refractivity contribution < 1.29 is 19.1 Å². The first kappa shape index (κ1) is 24.2. The molecule has 1 aromatic heterocycles. The molecule has 0 aliphatic rings. The van der Waals surface area contributed by atoms with Crippen molar-refractivity contribution in [2.24, 2.45) is 5.92 Å². The maximum absolute atomic E-state index is 14.0. The number of carbonyl (C=O) groups excluding carboxylic acids is 1. The third-order valence-corrected chi connectivity index (χ3v) is 5.75. The topological polar surface area (TPSA) is 81.3 Å². The smallest absolute Gasteiger partial charge is 0.336 e. The molecule has 33 heavy (non-hydrogen) atoms. The van der Waals surface area contributed by atoms with Gasteiger partial charge < -0.3 is 5.11 Å². The molecule has 174 valence electrons. The largest absolute Gasteiger partial charge is 0.478 e. The average molecular weight is 453 g/mol. The fourth-order valence-electron chi connectivity index (χ4n) is 3.95. The number of benzene rings is 2. The van der Waals surface area contributed by atoms with Crippen molar-refractivity contribution in [3.05, 3.63) is 81.5 Å². The highest BCUT2D eigenvalue weighted by Crippen LogP contribution is 2.25.